The Morgan fingerprint density at radius 1 is 1.35 bits per heavy atom. The average molecular weight is 250 g/mol. The number of aromatic nitrogens is 2. The minimum absolute atomic E-state index is 0.169. The summed E-state index contributed by atoms with van der Waals surface area (Å²) in [4.78, 5) is 9.43. The molecule has 2 heterocycles. The van der Waals surface area contributed by atoms with Crippen LogP contribution in [0.15, 0.2) is 11.4 Å². The number of nitrogens with zero attached hydrogens (tertiary/aromatic N) is 2. The molecule has 0 radical (unpaired) electrons. The van der Waals surface area contributed by atoms with Crippen LogP contribution in [0, 0.1) is 5.41 Å². The van der Waals surface area contributed by atoms with Gasteiger partial charge in [-0.2, -0.15) is 4.98 Å². The van der Waals surface area contributed by atoms with Gasteiger partial charge in [0.05, 0.1) is 5.39 Å². The van der Waals surface area contributed by atoms with E-state index in [1.807, 2.05) is 11.4 Å². The summed E-state index contributed by atoms with van der Waals surface area (Å²) in [6.07, 6.45) is 0. The number of nitrogens with two attached hydrogens (primary N) is 1. The standard InChI is InChI=1S/C12H18N4S/c1-7(12(2,3)4)14-9-8-5-6-17-10(8)16-11(13)15-9/h5-7H,1-4H3,(H3,13,14,15,16). The van der Waals surface area contributed by atoms with E-state index in [9.17, 15) is 0 Å². The van der Waals surface area contributed by atoms with Crippen LogP contribution in [0.3, 0.4) is 0 Å². The number of thiophene rings is 1. The monoisotopic (exact) mass is 250 g/mol. The smallest absolute Gasteiger partial charge is 0.223 e. The summed E-state index contributed by atoms with van der Waals surface area (Å²) < 4.78 is 0. The fourth-order valence-corrected chi connectivity index (χ4v) is 2.17. The number of anilines is 2. The van der Waals surface area contributed by atoms with Gasteiger partial charge >= 0.3 is 0 Å². The predicted octanol–water partition coefficient (Wildman–Crippen LogP) is 3.12. The second-order valence-electron chi connectivity index (χ2n) is 5.30. The van der Waals surface area contributed by atoms with Gasteiger partial charge in [-0.05, 0) is 23.8 Å². The van der Waals surface area contributed by atoms with Crippen LogP contribution in [-0.2, 0) is 0 Å². The molecule has 0 aliphatic heterocycles. The Hall–Kier alpha value is -1.36. The maximum absolute atomic E-state index is 5.71. The molecular formula is C12H18N4S. The molecule has 0 amide bonds. The fourth-order valence-electron chi connectivity index (χ4n) is 1.40. The van der Waals surface area contributed by atoms with Gasteiger partial charge in [0.1, 0.15) is 10.6 Å². The first-order chi connectivity index (χ1) is 7.88. The normalized spacial score (nSPS) is 13.9. The van der Waals surface area contributed by atoms with Crippen LogP contribution >= 0.6 is 11.3 Å². The lowest BCUT2D eigenvalue weighted by atomic mass is 9.88. The van der Waals surface area contributed by atoms with Gasteiger partial charge in [-0.25, -0.2) is 4.98 Å². The van der Waals surface area contributed by atoms with Gasteiger partial charge < -0.3 is 11.1 Å². The van der Waals surface area contributed by atoms with E-state index in [1.54, 1.807) is 11.3 Å². The number of nitrogens with one attached hydrogen (secondary N) is 1. The van der Waals surface area contributed by atoms with Crippen molar-refractivity contribution in [1.29, 1.82) is 0 Å². The molecule has 2 aromatic rings. The molecule has 0 aliphatic carbocycles. The molecule has 0 fully saturated rings. The van der Waals surface area contributed by atoms with Gasteiger partial charge in [0.15, 0.2) is 0 Å². The molecule has 0 spiro atoms. The highest BCUT2D eigenvalue weighted by molar-refractivity contribution is 7.16. The van der Waals surface area contributed by atoms with Crippen LogP contribution in [0.4, 0.5) is 11.8 Å². The third kappa shape index (κ3) is 2.49. The molecule has 0 aliphatic rings. The molecule has 1 atom stereocenters. The molecule has 1 unspecified atom stereocenters. The van der Waals surface area contributed by atoms with E-state index < -0.39 is 0 Å². The summed E-state index contributed by atoms with van der Waals surface area (Å²) in [5.41, 5.74) is 5.88. The van der Waals surface area contributed by atoms with E-state index in [2.05, 4.69) is 43.0 Å². The first-order valence-electron chi connectivity index (χ1n) is 5.65. The Bertz CT molecular complexity index is 527. The molecule has 0 bridgehead atoms. The summed E-state index contributed by atoms with van der Waals surface area (Å²) in [6, 6.07) is 2.33. The first-order valence-corrected chi connectivity index (χ1v) is 6.53. The van der Waals surface area contributed by atoms with Gasteiger partial charge in [-0.15, -0.1) is 11.3 Å². The van der Waals surface area contributed by atoms with Crippen molar-refractivity contribution in [3.8, 4) is 0 Å². The van der Waals surface area contributed by atoms with Gasteiger partial charge in [0, 0.05) is 6.04 Å². The van der Waals surface area contributed by atoms with Gasteiger partial charge in [0.25, 0.3) is 0 Å². The van der Waals surface area contributed by atoms with E-state index in [4.69, 9.17) is 5.73 Å². The summed E-state index contributed by atoms with van der Waals surface area (Å²) in [5.74, 6) is 1.15. The summed E-state index contributed by atoms with van der Waals surface area (Å²) in [5, 5.41) is 6.47. The van der Waals surface area contributed by atoms with Crippen molar-refractivity contribution >= 4 is 33.3 Å². The highest BCUT2D eigenvalue weighted by Crippen LogP contribution is 2.29. The Labute approximate surface area is 105 Å². The second kappa shape index (κ2) is 4.14. The lowest BCUT2D eigenvalue weighted by Gasteiger charge is -2.28. The quantitative estimate of drug-likeness (QED) is 0.859. The molecule has 5 heteroatoms. The van der Waals surface area contributed by atoms with Crippen LogP contribution in [0.1, 0.15) is 27.7 Å². The van der Waals surface area contributed by atoms with Crippen LogP contribution in [0.5, 0.6) is 0 Å². The zero-order chi connectivity index (χ0) is 12.6. The fraction of sp³-hybridized carbons (Fsp3) is 0.500. The van der Waals surface area contributed by atoms with Crippen molar-refractivity contribution in [2.75, 3.05) is 11.1 Å². The minimum atomic E-state index is 0.169. The topological polar surface area (TPSA) is 63.8 Å². The molecule has 0 saturated carbocycles. The van der Waals surface area contributed by atoms with Gasteiger partial charge in [-0.3, -0.25) is 0 Å². The van der Waals surface area contributed by atoms with E-state index in [-0.39, 0.29) is 5.41 Å². The van der Waals surface area contributed by atoms with Crippen LogP contribution in [0.2, 0.25) is 0 Å². The van der Waals surface area contributed by atoms with Crippen LogP contribution in [-0.4, -0.2) is 16.0 Å². The maximum Gasteiger partial charge on any atom is 0.223 e. The largest absolute Gasteiger partial charge is 0.368 e. The molecule has 2 aromatic heterocycles. The lowest BCUT2D eigenvalue weighted by molar-refractivity contribution is 0.359. The summed E-state index contributed by atoms with van der Waals surface area (Å²) in [6.45, 7) is 8.73. The molecule has 2 rings (SSSR count). The maximum atomic E-state index is 5.71. The number of hydrogen-bond donors (Lipinski definition) is 2. The minimum Gasteiger partial charge on any atom is -0.368 e. The number of nitrogen functional groups attached to an aromatic ring is 1. The summed E-state index contributed by atoms with van der Waals surface area (Å²) >= 11 is 1.58. The van der Waals surface area contributed by atoms with E-state index in [0.717, 1.165) is 16.0 Å². The van der Waals surface area contributed by atoms with Crippen LogP contribution < -0.4 is 11.1 Å². The molecule has 17 heavy (non-hydrogen) atoms. The van der Waals surface area contributed by atoms with Crippen molar-refractivity contribution in [2.45, 2.75) is 33.7 Å². The van der Waals surface area contributed by atoms with Gasteiger partial charge in [0.2, 0.25) is 5.95 Å². The lowest BCUT2D eigenvalue weighted by Crippen LogP contribution is -2.31. The summed E-state index contributed by atoms with van der Waals surface area (Å²) in [7, 11) is 0. The Balaban J connectivity index is 2.38. The predicted molar refractivity (Wildman–Crippen MR) is 74.4 cm³/mol. The molecule has 0 aromatic carbocycles. The van der Waals surface area contributed by atoms with Crippen molar-refractivity contribution in [1.82, 2.24) is 9.97 Å². The number of rotatable bonds is 2. The zero-order valence-corrected chi connectivity index (χ0v) is 11.4. The first kappa shape index (κ1) is 12.1. The number of hydrogen-bond acceptors (Lipinski definition) is 5. The SMILES string of the molecule is CC(Nc1nc(N)nc2sccc12)C(C)(C)C. The highest BCUT2D eigenvalue weighted by Gasteiger charge is 2.21. The van der Waals surface area contributed by atoms with Crippen molar-refractivity contribution in [2.24, 2.45) is 5.41 Å². The van der Waals surface area contributed by atoms with Crippen molar-refractivity contribution in [3.05, 3.63) is 11.4 Å². The van der Waals surface area contributed by atoms with E-state index in [0.29, 0.717) is 12.0 Å². The van der Waals surface area contributed by atoms with E-state index >= 15 is 0 Å². The second-order valence-corrected chi connectivity index (χ2v) is 6.20. The van der Waals surface area contributed by atoms with Crippen LogP contribution in [0.25, 0.3) is 10.2 Å². The van der Waals surface area contributed by atoms with E-state index in [1.165, 1.54) is 0 Å². The third-order valence-electron chi connectivity index (χ3n) is 2.99. The highest BCUT2D eigenvalue weighted by atomic mass is 32.1. The molecule has 92 valence electrons. The van der Waals surface area contributed by atoms with Gasteiger partial charge in [-0.1, -0.05) is 20.8 Å². The average Bonchev–Trinajstić information content (AvgIpc) is 2.63. The third-order valence-corrected chi connectivity index (χ3v) is 3.80. The molecule has 0 saturated heterocycles. The molecular weight excluding hydrogens is 232 g/mol. The Kier molecular flexibility index (Phi) is 2.95. The Morgan fingerprint density at radius 3 is 2.71 bits per heavy atom. The number of fused-ring (bicyclic) bond motifs is 1. The van der Waals surface area contributed by atoms with Crippen molar-refractivity contribution in [3.63, 3.8) is 0 Å². The van der Waals surface area contributed by atoms with Crippen molar-refractivity contribution < 1.29 is 0 Å². The Morgan fingerprint density at radius 2 is 2.06 bits per heavy atom. The molecule has 3 N–H and O–H groups in total. The zero-order valence-electron chi connectivity index (χ0n) is 10.6. The molecule has 4 nitrogen and oxygen atoms in total.